The number of amides is 1. The Hall–Kier alpha value is -3.23. The van der Waals surface area contributed by atoms with Gasteiger partial charge in [-0.25, -0.2) is 8.42 Å². The van der Waals surface area contributed by atoms with Crippen LogP contribution in [-0.4, -0.2) is 41.6 Å². The summed E-state index contributed by atoms with van der Waals surface area (Å²) >= 11 is 6.07. The zero-order valence-electron chi connectivity index (χ0n) is 18.5. The fourth-order valence-electron chi connectivity index (χ4n) is 2.97. The van der Waals surface area contributed by atoms with Crippen molar-refractivity contribution in [1.29, 1.82) is 0 Å². The lowest BCUT2D eigenvalue weighted by Gasteiger charge is -2.20. The largest absolute Gasteiger partial charge is 0.497 e. The van der Waals surface area contributed by atoms with E-state index in [9.17, 15) is 13.2 Å². The van der Waals surface area contributed by atoms with E-state index in [4.69, 9.17) is 21.1 Å². The maximum Gasteiger partial charge on any atom is 0.264 e. The van der Waals surface area contributed by atoms with Gasteiger partial charge in [0.25, 0.3) is 15.9 Å². The molecule has 1 amide bonds. The Morgan fingerprint density at radius 2 is 1.64 bits per heavy atom. The van der Waals surface area contributed by atoms with E-state index in [2.05, 4.69) is 5.32 Å². The molecule has 0 saturated heterocycles. The Balaban J connectivity index is 1.56. The Morgan fingerprint density at radius 1 is 1.00 bits per heavy atom. The van der Waals surface area contributed by atoms with Crippen LogP contribution < -0.4 is 19.1 Å². The third kappa shape index (κ3) is 5.97. The maximum absolute atomic E-state index is 12.9. The van der Waals surface area contributed by atoms with Crippen LogP contribution in [0, 0.1) is 6.92 Å². The second kappa shape index (κ2) is 10.6. The number of hydrogen-bond donors (Lipinski definition) is 1. The van der Waals surface area contributed by atoms with Gasteiger partial charge in [-0.3, -0.25) is 9.10 Å². The quantitative estimate of drug-likeness (QED) is 0.454. The Morgan fingerprint density at radius 3 is 2.24 bits per heavy atom. The van der Waals surface area contributed by atoms with Gasteiger partial charge in [0.15, 0.2) is 0 Å². The first kappa shape index (κ1) is 24.4. The summed E-state index contributed by atoms with van der Waals surface area (Å²) in [6.07, 6.45) is 0. The molecule has 0 aliphatic heterocycles. The standard InChI is InChI=1S/C24H25ClN2O5S/c1-17-4-9-21(16-23(17)25)32-15-14-26-24(28)18-5-7-19(8-6-18)27(2)33(29,30)22-12-10-20(31-3)11-13-22/h4-13,16H,14-15H2,1-3H3,(H,26,28). The molecule has 174 valence electrons. The fraction of sp³-hybridized carbons (Fsp3) is 0.208. The number of carbonyl (C=O) groups is 1. The zero-order chi connectivity index (χ0) is 24.0. The molecule has 3 aromatic rings. The zero-order valence-corrected chi connectivity index (χ0v) is 20.1. The van der Waals surface area contributed by atoms with E-state index >= 15 is 0 Å². The van der Waals surface area contributed by atoms with Gasteiger partial charge in [-0.05, 0) is 73.2 Å². The van der Waals surface area contributed by atoms with Crippen molar-refractivity contribution in [2.75, 3.05) is 31.6 Å². The first-order valence-electron chi connectivity index (χ1n) is 10.1. The van der Waals surface area contributed by atoms with Gasteiger partial charge in [-0.15, -0.1) is 0 Å². The van der Waals surface area contributed by atoms with Gasteiger partial charge in [0.05, 0.1) is 24.2 Å². The van der Waals surface area contributed by atoms with E-state index < -0.39 is 10.0 Å². The van der Waals surface area contributed by atoms with Gasteiger partial charge in [0.2, 0.25) is 0 Å². The molecule has 3 aromatic carbocycles. The molecule has 0 aliphatic carbocycles. The molecule has 0 bridgehead atoms. The maximum atomic E-state index is 12.9. The second-order valence-electron chi connectivity index (χ2n) is 7.21. The number of sulfonamides is 1. The molecule has 0 spiro atoms. The second-order valence-corrected chi connectivity index (χ2v) is 9.59. The van der Waals surface area contributed by atoms with Gasteiger partial charge in [0, 0.05) is 17.6 Å². The number of carbonyl (C=O) groups excluding carboxylic acids is 1. The predicted octanol–water partition coefficient (Wildman–Crippen LogP) is 4.29. The van der Waals surface area contributed by atoms with Crippen LogP contribution in [0.15, 0.2) is 71.6 Å². The SMILES string of the molecule is COc1ccc(S(=O)(=O)N(C)c2ccc(C(=O)NCCOc3ccc(C)c(Cl)c3)cc2)cc1. The number of aryl methyl sites for hydroxylation is 1. The third-order valence-electron chi connectivity index (χ3n) is 5.01. The molecule has 0 radical (unpaired) electrons. The number of halogens is 1. The van der Waals surface area contributed by atoms with Crippen LogP contribution in [0.1, 0.15) is 15.9 Å². The van der Waals surface area contributed by atoms with E-state index in [-0.39, 0.29) is 17.4 Å². The highest BCUT2D eigenvalue weighted by molar-refractivity contribution is 7.92. The Kier molecular flexibility index (Phi) is 7.84. The minimum absolute atomic E-state index is 0.141. The summed E-state index contributed by atoms with van der Waals surface area (Å²) < 4.78 is 37.6. The number of nitrogens with one attached hydrogen (secondary N) is 1. The molecule has 3 rings (SSSR count). The van der Waals surface area contributed by atoms with E-state index in [1.807, 2.05) is 19.1 Å². The molecule has 0 aromatic heterocycles. The average Bonchev–Trinajstić information content (AvgIpc) is 2.83. The van der Waals surface area contributed by atoms with Crippen LogP contribution in [0.5, 0.6) is 11.5 Å². The molecular formula is C24H25ClN2O5S. The van der Waals surface area contributed by atoms with E-state index in [1.54, 1.807) is 42.5 Å². The van der Waals surface area contributed by atoms with Crippen LogP contribution in [-0.2, 0) is 10.0 Å². The van der Waals surface area contributed by atoms with Crippen molar-refractivity contribution in [3.05, 3.63) is 82.9 Å². The van der Waals surface area contributed by atoms with Gasteiger partial charge in [-0.1, -0.05) is 17.7 Å². The molecular weight excluding hydrogens is 464 g/mol. The van der Waals surface area contributed by atoms with Crippen LogP contribution in [0.2, 0.25) is 5.02 Å². The van der Waals surface area contributed by atoms with Crippen molar-refractivity contribution in [2.45, 2.75) is 11.8 Å². The summed E-state index contributed by atoms with van der Waals surface area (Å²) in [7, 11) is -0.773. The van der Waals surface area contributed by atoms with Crippen molar-refractivity contribution >= 4 is 33.2 Å². The van der Waals surface area contributed by atoms with Crippen LogP contribution in [0.3, 0.4) is 0 Å². The third-order valence-corrected chi connectivity index (χ3v) is 7.22. The summed E-state index contributed by atoms with van der Waals surface area (Å²) in [6, 6.07) is 17.9. The van der Waals surface area contributed by atoms with Crippen molar-refractivity contribution in [3.8, 4) is 11.5 Å². The number of methoxy groups -OCH3 is 1. The number of anilines is 1. The lowest BCUT2D eigenvalue weighted by molar-refractivity contribution is 0.0947. The minimum Gasteiger partial charge on any atom is -0.497 e. The predicted molar refractivity (Wildman–Crippen MR) is 129 cm³/mol. The molecule has 0 fully saturated rings. The summed E-state index contributed by atoms with van der Waals surface area (Å²) in [6.45, 7) is 2.49. The van der Waals surface area contributed by atoms with E-state index in [0.717, 1.165) is 9.87 Å². The highest BCUT2D eigenvalue weighted by Crippen LogP contribution is 2.24. The van der Waals surface area contributed by atoms with Gasteiger partial charge >= 0.3 is 0 Å². The molecule has 0 heterocycles. The highest BCUT2D eigenvalue weighted by atomic mass is 35.5. The van der Waals surface area contributed by atoms with Crippen molar-refractivity contribution in [3.63, 3.8) is 0 Å². The summed E-state index contributed by atoms with van der Waals surface area (Å²) in [5, 5.41) is 3.39. The lowest BCUT2D eigenvalue weighted by atomic mass is 10.2. The number of hydrogen-bond acceptors (Lipinski definition) is 5. The topological polar surface area (TPSA) is 84.9 Å². The fourth-order valence-corrected chi connectivity index (χ4v) is 4.33. The van der Waals surface area contributed by atoms with E-state index in [1.165, 1.54) is 26.3 Å². The lowest BCUT2D eigenvalue weighted by Crippen LogP contribution is -2.28. The monoisotopic (exact) mass is 488 g/mol. The normalized spacial score (nSPS) is 11.0. The minimum atomic E-state index is -3.75. The molecule has 0 unspecified atom stereocenters. The first-order chi connectivity index (χ1) is 15.7. The number of rotatable bonds is 9. The average molecular weight is 489 g/mol. The smallest absolute Gasteiger partial charge is 0.264 e. The van der Waals surface area contributed by atoms with Crippen molar-refractivity contribution < 1.29 is 22.7 Å². The molecule has 0 atom stereocenters. The summed E-state index contributed by atoms with van der Waals surface area (Å²) in [5.41, 5.74) is 1.80. The van der Waals surface area contributed by atoms with Crippen molar-refractivity contribution in [1.82, 2.24) is 5.32 Å². The number of nitrogens with zero attached hydrogens (tertiary/aromatic N) is 1. The van der Waals surface area contributed by atoms with Gasteiger partial charge < -0.3 is 14.8 Å². The molecule has 9 heteroatoms. The number of ether oxygens (including phenoxy) is 2. The molecule has 0 aliphatic rings. The van der Waals surface area contributed by atoms with Crippen LogP contribution in [0.4, 0.5) is 5.69 Å². The Labute approximate surface area is 198 Å². The molecule has 7 nitrogen and oxygen atoms in total. The Bertz CT molecular complexity index is 1210. The summed E-state index contributed by atoms with van der Waals surface area (Å²) in [4.78, 5) is 12.5. The van der Waals surface area contributed by atoms with E-state index in [0.29, 0.717) is 34.3 Å². The first-order valence-corrected chi connectivity index (χ1v) is 11.9. The molecule has 1 N–H and O–H groups in total. The molecule has 33 heavy (non-hydrogen) atoms. The molecule has 0 saturated carbocycles. The van der Waals surface area contributed by atoms with Crippen LogP contribution >= 0.6 is 11.6 Å². The highest BCUT2D eigenvalue weighted by Gasteiger charge is 2.21. The van der Waals surface area contributed by atoms with Crippen LogP contribution in [0.25, 0.3) is 0 Å². The number of benzene rings is 3. The van der Waals surface area contributed by atoms with Crippen molar-refractivity contribution in [2.24, 2.45) is 0 Å². The van der Waals surface area contributed by atoms with Gasteiger partial charge in [-0.2, -0.15) is 0 Å². The summed E-state index contributed by atoms with van der Waals surface area (Å²) in [5.74, 6) is 0.915. The van der Waals surface area contributed by atoms with Gasteiger partial charge in [0.1, 0.15) is 18.1 Å².